The molecule has 0 bridgehead atoms. The Bertz CT molecular complexity index is 707. The van der Waals surface area contributed by atoms with E-state index in [4.69, 9.17) is 4.42 Å². The highest BCUT2D eigenvalue weighted by atomic mass is 127. The maximum Gasteiger partial charge on any atom is 0.191 e. The molecule has 1 saturated heterocycles. The first-order chi connectivity index (χ1) is 13.3. The lowest BCUT2D eigenvalue weighted by Crippen LogP contribution is -2.38. The molecule has 152 valence electrons. The van der Waals surface area contributed by atoms with Gasteiger partial charge in [0.05, 0.1) is 12.8 Å². The monoisotopic (exact) mass is 494 g/mol. The van der Waals surface area contributed by atoms with Crippen LogP contribution in [0.25, 0.3) is 0 Å². The summed E-state index contributed by atoms with van der Waals surface area (Å²) in [6.45, 7) is 9.38. The van der Waals surface area contributed by atoms with Gasteiger partial charge in [-0.05, 0) is 49.2 Å². The minimum Gasteiger partial charge on any atom is -0.469 e. The van der Waals surface area contributed by atoms with Gasteiger partial charge in [0.25, 0.3) is 0 Å². The Labute approximate surface area is 185 Å². The maximum atomic E-state index is 5.36. The number of guanidine groups is 1. The van der Waals surface area contributed by atoms with Crippen LogP contribution in [0, 0.1) is 0 Å². The van der Waals surface area contributed by atoms with Crippen LogP contribution in [0.5, 0.6) is 0 Å². The molecule has 1 aliphatic rings. The van der Waals surface area contributed by atoms with Crippen molar-refractivity contribution in [3.63, 3.8) is 0 Å². The summed E-state index contributed by atoms with van der Waals surface area (Å²) in [4.78, 5) is 7.21. The zero-order chi connectivity index (χ0) is 18.7. The first-order valence-corrected chi connectivity index (χ1v) is 9.79. The average molecular weight is 494 g/mol. The molecule has 0 amide bonds. The van der Waals surface area contributed by atoms with Gasteiger partial charge in [-0.25, -0.2) is 4.99 Å². The fourth-order valence-electron chi connectivity index (χ4n) is 3.22. The Balaban J connectivity index is 0.00000280. The van der Waals surface area contributed by atoms with Gasteiger partial charge in [-0.3, -0.25) is 4.90 Å². The van der Waals surface area contributed by atoms with Gasteiger partial charge in [0, 0.05) is 26.1 Å². The van der Waals surface area contributed by atoms with Crippen LogP contribution >= 0.6 is 24.0 Å². The second-order valence-electron chi connectivity index (χ2n) is 6.89. The van der Waals surface area contributed by atoms with Crippen molar-refractivity contribution in [1.29, 1.82) is 0 Å². The molecule has 5 nitrogen and oxygen atoms in total. The summed E-state index contributed by atoms with van der Waals surface area (Å²) in [6.07, 6.45) is 7.03. The molecular formula is C22H31IN4O. The van der Waals surface area contributed by atoms with Gasteiger partial charge in [0.2, 0.25) is 0 Å². The van der Waals surface area contributed by atoms with E-state index >= 15 is 0 Å². The third-order valence-electron chi connectivity index (χ3n) is 4.71. The second-order valence-corrected chi connectivity index (χ2v) is 6.89. The number of rotatable bonds is 9. The molecule has 0 spiro atoms. The van der Waals surface area contributed by atoms with Crippen LogP contribution in [0.1, 0.15) is 29.7 Å². The fourth-order valence-corrected chi connectivity index (χ4v) is 3.22. The van der Waals surface area contributed by atoms with Gasteiger partial charge in [-0.15, -0.1) is 30.6 Å². The van der Waals surface area contributed by atoms with Gasteiger partial charge in [0.15, 0.2) is 5.96 Å². The van der Waals surface area contributed by atoms with Crippen molar-refractivity contribution in [3.8, 4) is 0 Å². The van der Waals surface area contributed by atoms with E-state index in [1.165, 1.54) is 37.1 Å². The fraction of sp³-hybridized carbons (Fsp3) is 0.409. The van der Waals surface area contributed by atoms with Crippen LogP contribution in [0.4, 0.5) is 0 Å². The molecule has 1 aromatic carbocycles. The molecule has 2 heterocycles. The number of benzene rings is 1. The van der Waals surface area contributed by atoms with Crippen LogP contribution in [-0.2, 0) is 19.5 Å². The Morgan fingerprint density at radius 3 is 2.54 bits per heavy atom. The van der Waals surface area contributed by atoms with Crippen molar-refractivity contribution < 1.29 is 4.42 Å². The number of aliphatic imine (C=N–C) groups is 1. The molecule has 28 heavy (non-hydrogen) atoms. The summed E-state index contributed by atoms with van der Waals surface area (Å²) in [7, 11) is 0. The highest BCUT2D eigenvalue weighted by molar-refractivity contribution is 14.0. The van der Waals surface area contributed by atoms with E-state index < -0.39 is 0 Å². The summed E-state index contributed by atoms with van der Waals surface area (Å²) in [5.41, 5.74) is 2.59. The third-order valence-corrected chi connectivity index (χ3v) is 4.71. The number of likely N-dealkylation sites (tertiary alicyclic amines) is 1. The van der Waals surface area contributed by atoms with Crippen LogP contribution in [0.15, 0.2) is 64.7 Å². The van der Waals surface area contributed by atoms with Crippen molar-refractivity contribution in [2.24, 2.45) is 4.99 Å². The lowest BCUT2D eigenvalue weighted by Gasteiger charge is -2.14. The zero-order valence-electron chi connectivity index (χ0n) is 16.4. The van der Waals surface area contributed by atoms with E-state index in [9.17, 15) is 0 Å². The predicted octanol–water partition coefficient (Wildman–Crippen LogP) is 3.96. The Kier molecular flexibility index (Phi) is 10.1. The standard InChI is InChI=1S/C22H30N4O.HI/c1-2-12-23-22(24-13-11-21-6-5-16-27-21)25-17-19-7-9-20(10-8-19)18-26-14-3-4-15-26;/h2,5-10,16H,1,3-4,11-15,17-18H2,(H2,23,24,25);1H. The molecular weight excluding hydrogens is 463 g/mol. The molecule has 2 N–H and O–H groups in total. The van der Waals surface area contributed by atoms with Gasteiger partial charge < -0.3 is 15.1 Å². The molecule has 1 aliphatic heterocycles. The first kappa shape index (κ1) is 22.5. The van der Waals surface area contributed by atoms with Crippen molar-refractivity contribution in [1.82, 2.24) is 15.5 Å². The topological polar surface area (TPSA) is 52.8 Å². The number of hydrogen-bond donors (Lipinski definition) is 2. The second kappa shape index (κ2) is 12.6. The molecule has 2 aromatic rings. The minimum atomic E-state index is 0. The van der Waals surface area contributed by atoms with E-state index in [-0.39, 0.29) is 24.0 Å². The van der Waals surface area contributed by atoms with Gasteiger partial charge in [-0.2, -0.15) is 0 Å². The van der Waals surface area contributed by atoms with E-state index in [1.807, 2.05) is 18.2 Å². The first-order valence-electron chi connectivity index (χ1n) is 9.79. The predicted molar refractivity (Wildman–Crippen MR) is 126 cm³/mol. The van der Waals surface area contributed by atoms with Crippen molar-refractivity contribution in [2.45, 2.75) is 32.4 Å². The summed E-state index contributed by atoms with van der Waals surface area (Å²) >= 11 is 0. The number of nitrogens with one attached hydrogen (secondary N) is 2. The molecule has 0 atom stereocenters. The SMILES string of the molecule is C=CCNC(=NCc1ccc(CN2CCCC2)cc1)NCCc1ccco1.I. The van der Waals surface area contributed by atoms with Gasteiger partial charge in [-0.1, -0.05) is 30.3 Å². The van der Waals surface area contributed by atoms with Crippen molar-refractivity contribution in [2.75, 3.05) is 26.2 Å². The lowest BCUT2D eigenvalue weighted by molar-refractivity contribution is 0.331. The molecule has 0 saturated carbocycles. The number of halogens is 1. The van der Waals surface area contributed by atoms with Crippen molar-refractivity contribution >= 4 is 29.9 Å². The Hall–Kier alpha value is -1.80. The highest BCUT2D eigenvalue weighted by Gasteiger charge is 2.11. The summed E-state index contributed by atoms with van der Waals surface area (Å²) in [5.74, 6) is 1.77. The quantitative estimate of drug-likeness (QED) is 0.240. The number of furan rings is 1. The van der Waals surface area contributed by atoms with E-state index in [0.29, 0.717) is 13.1 Å². The van der Waals surface area contributed by atoms with E-state index in [1.54, 1.807) is 6.26 Å². The average Bonchev–Trinajstić information content (AvgIpc) is 3.39. The van der Waals surface area contributed by atoms with E-state index in [2.05, 4.69) is 51.4 Å². The molecule has 0 aliphatic carbocycles. The molecule has 1 fully saturated rings. The molecule has 0 radical (unpaired) electrons. The maximum absolute atomic E-state index is 5.36. The number of hydrogen-bond acceptors (Lipinski definition) is 3. The Morgan fingerprint density at radius 2 is 1.86 bits per heavy atom. The Morgan fingerprint density at radius 1 is 1.11 bits per heavy atom. The zero-order valence-corrected chi connectivity index (χ0v) is 18.7. The van der Waals surface area contributed by atoms with Crippen LogP contribution in [0.3, 0.4) is 0 Å². The third kappa shape index (κ3) is 7.67. The molecule has 1 aromatic heterocycles. The molecule has 0 unspecified atom stereocenters. The summed E-state index contributed by atoms with van der Waals surface area (Å²) in [6, 6.07) is 12.7. The van der Waals surface area contributed by atoms with Gasteiger partial charge in [0.1, 0.15) is 5.76 Å². The van der Waals surface area contributed by atoms with E-state index in [0.717, 1.165) is 31.2 Å². The van der Waals surface area contributed by atoms with Crippen molar-refractivity contribution in [3.05, 3.63) is 72.2 Å². The van der Waals surface area contributed by atoms with Gasteiger partial charge >= 0.3 is 0 Å². The normalized spacial score (nSPS) is 14.5. The lowest BCUT2D eigenvalue weighted by atomic mass is 10.1. The molecule has 6 heteroatoms. The van der Waals surface area contributed by atoms with Crippen LogP contribution in [0.2, 0.25) is 0 Å². The molecule has 3 rings (SSSR count). The number of nitrogens with zero attached hydrogens (tertiary/aromatic N) is 2. The summed E-state index contributed by atoms with van der Waals surface area (Å²) < 4.78 is 5.36. The largest absolute Gasteiger partial charge is 0.469 e. The van der Waals surface area contributed by atoms with Crippen LogP contribution in [-0.4, -0.2) is 37.0 Å². The minimum absolute atomic E-state index is 0. The smallest absolute Gasteiger partial charge is 0.191 e. The highest BCUT2D eigenvalue weighted by Crippen LogP contribution is 2.13. The summed E-state index contributed by atoms with van der Waals surface area (Å²) in [5, 5.41) is 6.61. The van der Waals surface area contributed by atoms with Crippen LogP contribution < -0.4 is 10.6 Å².